The molecule has 0 aliphatic rings. The van der Waals surface area contributed by atoms with Crippen molar-refractivity contribution in [1.82, 2.24) is 9.71 Å². The van der Waals surface area contributed by atoms with E-state index >= 15 is 0 Å². The molecule has 0 spiro atoms. The lowest BCUT2D eigenvalue weighted by atomic mass is 10.2. The largest absolute Gasteiger partial charge is 0.481 e. The minimum Gasteiger partial charge on any atom is -0.481 e. The van der Waals surface area contributed by atoms with E-state index in [-0.39, 0.29) is 5.56 Å². The van der Waals surface area contributed by atoms with Crippen molar-refractivity contribution in [3.05, 3.63) is 48.2 Å². The van der Waals surface area contributed by atoms with E-state index in [1.54, 1.807) is 24.3 Å². The number of ether oxygens (including phenoxy) is 2. The summed E-state index contributed by atoms with van der Waals surface area (Å²) in [5.74, 6) is 0.775. The van der Waals surface area contributed by atoms with Crippen LogP contribution in [0.1, 0.15) is 10.4 Å². The SMILES string of the molecule is COc1ccc(Oc2ccc(C(=O)NS(C)(=O)=O)cc2)cn1. The van der Waals surface area contributed by atoms with Crippen LogP contribution in [0.3, 0.4) is 0 Å². The molecule has 0 bridgehead atoms. The summed E-state index contributed by atoms with van der Waals surface area (Å²) in [5, 5.41) is 0. The van der Waals surface area contributed by atoms with Gasteiger partial charge in [-0.2, -0.15) is 0 Å². The van der Waals surface area contributed by atoms with Crippen molar-refractivity contribution in [2.45, 2.75) is 0 Å². The van der Waals surface area contributed by atoms with E-state index in [1.165, 1.54) is 25.4 Å². The van der Waals surface area contributed by atoms with E-state index < -0.39 is 15.9 Å². The highest BCUT2D eigenvalue weighted by molar-refractivity contribution is 7.89. The molecule has 0 radical (unpaired) electrons. The van der Waals surface area contributed by atoms with Gasteiger partial charge >= 0.3 is 0 Å². The second-order valence-electron chi connectivity index (χ2n) is 4.37. The molecule has 8 heteroatoms. The molecule has 1 N–H and O–H groups in total. The highest BCUT2D eigenvalue weighted by Gasteiger charge is 2.11. The normalized spacial score (nSPS) is 10.8. The van der Waals surface area contributed by atoms with Crippen LogP contribution < -0.4 is 14.2 Å². The summed E-state index contributed by atoms with van der Waals surface area (Å²) in [4.78, 5) is 15.6. The fourth-order valence-electron chi connectivity index (χ4n) is 1.59. The Labute approximate surface area is 128 Å². The van der Waals surface area contributed by atoms with Crippen LogP contribution in [-0.4, -0.2) is 32.7 Å². The van der Waals surface area contributed by atoms with Gasteiger partial charge in [0.05, 0.1) is 19.6 Å². The zero-order valence-corrected chi connectivity index (χ0v) is 12.8. The van der Waals surface area contributed by atoms with Crippen LogP contribution >= 0.6 is 0 Å². The Morgan fingerprint density at radius 1 is 1.09 bits per heavy atom. The topological polar surface area (TPSA) is 94.6 Å². The molecule has 0 aliphatic carbocycles. The van der Waals surface area contributed by atoms with E-state index in [1.807, 2.05) is 4.72 Å². The molecule has 0 saturated heterocycles. The number of sulfonamides is 1. The third-order valence-corrected chi connectivity index (χ3v) is 3.10. The third-order valence-electron chi connectivity index (χ3n) is 2.55. The number of aromatic nitrogens is 1. The minimum atomic E-state index is -3.59. The standard InChI is InChI=1S/C14H14N2O5S/c1-20-13-8-7-12(9-15-13)21-11-5-3-10(4-6-11)14(17)16-22(2,18)19/h3-9H,1-2H3,(H,16,17). The minimum absolute atomic E-state index is 0.214. The van der Waals surface area contributed by atoms with Crippen molar-refractivity contribution in [1.29, 1.82) is 0 Å². The Bertz CT molecular complexity index is 755. The number of rotatable bonds is 5. The van der Waals surface area contributed by atoms with E-state index in [4.69, 9.17) is 9.47 Å². The molecule has 2 rings (SSSR count). The maximum Gasteiger partial charge on any atom is 0.264 e. The zero-order valence-electron chi connectivity index (χ0n) is 11.9. The number of nitrogens with one attached hydrogen (secondary N) is 1. The van der Waals surface area contributed by atoms with Gasteiger partial charge in [-0.05, 0) is 30.3 Å². The Balaban J connectivity index is 2.06. The van der Waals surface area contributed by atoms with Gasteiger partial charge in [0.1, 0.15) is 11.5 Å². The van der Waals surface area contributed by atoms with Crippen molar-refractivity contribution in [2.24, 2.45) is 0 Å². The first-order chi connectivity index (χ1) is 10.4. The maximum absolute atomic E-state index is 11.6. The summed E-state index contributed by atoms with van der Waals surface area (Å²) in [6.45, 7) is 0. The van der Waals surface area contributed by atoms with Crippen LogP contribution in [-0.2, 0) is 10.0 Å². The molecule has 0 aliphatic heterocycles. The molecule has 1 amide bonds. The molecule has 0 unspecified atom stereocenters. The fraction of sp³-hybridized carbons (Fsp3) is 0.143. The number of nitrogens with zero attached hydrogens (tertiary/aromatic N) is 1. The van der Waals surface area contributed by atoms with Gasteiger partial charge < -0.3 is 9.47 Å². The number of amides is 1. The van der Waals surface area contributed by atoms with E-state index in [0.717, 1.165) is 6.26 Å². The fourth-order valence-corrected chi connectivity index (χ4v) is 2.04. The Hall–Kier alpha value is -2.61. The van der Waals surface area contributed by atoms with Gasteiger partial charge in [0, 0.05) is 11.6 Å². The van der Waals surface area contributed by atoms with E-state index in [9.17, 15) is 13.2 Å². The first kappa shape index (κ1) is 15.8. The van der Waals surface area contributed by atoms with Crippen LogP contribution in [0.25, 0.3) is 0 Å². The van der Waals surface area contributed by atoms with Gasteiger partial charge in [0.15, 0.2) is 0 Å². The van der Waals surface area contributed by atoms with E-state index in [2.05, 4.69) is 4.98 Å². The predicted octanol–water partition coefficient (Wildman–Crippen LogP) is 1.57. The second-order valence-corrected chi connectivity index (χ2v) is 6.11. The van der Waals surface area contributed by atoms with Crippen LogP contribution in [0.5, 0.6) is 17.4 Å². The van der Waals surface area contributed by atoms with Crippen LogP contribution in [0.4, 0.5) is 0 Å². The number of carbonyl (C=O) groups excluding carboxylic acids is 1. The Kier molecular flexibility index (Phi) is 4.62. The summed E-state index contributed by atoms with van der Waals surface area (Å²) in [7, 11) is -2.07. The summed E-state index contributed by atoms with van der Waals surface area (Å²) in [6.07, 6.45) is 2.42. The quantitative estimate of drug-likeness (QED) is 0.898. The molecule has 116 valence electrons. The van der Waals surface area contributed by atoms with Gasteiger partial charge in [-0.3, -0.25) is 4.79 Å². The molecular weight excluding hydrogens is 308 g/mol. The average molecular weight is 322 g/mol. The number of benzene rings is 1. The van der Waals surface area contributed by atoms with Gasteiger partial charge in [0.25, 0.3) is 5.91 Å². The number of hydrogen-bond acceptors (Lipinski definition) is 6. The smallest absolute Gasteiger partial charge is 0.264 e. The highest BCUT2D eigenvalue weighted by atomic mass is 32.2. The molecule has 22 heavy (non-hydrogen) atoms. The monoisotopic (exact) mass is 322 g/mol. The lowest BCUT2D eigenvalue weighted by Gasteiger charge is -2.07. The molecule has 1 heterocycles. The summed E-state index contributed by atoms with van der Waals surface area (Å²) >= 11 is 0. The molecule has 0 saturated carbocycles. The van der Waals surface area contributed by atoms with Crippen molar-refractivity contribution in [3.8, 4) is 17.4 Å². The van der Waals surface area contributed by atoms with E-state index in [0.29, 0.717) is 17.4 Å². The Morgan fingerprint density at radius 2 is 1.73 bits per heavy atom. The lowest BCUT2D eigenvalue weighted by molar-refractivity contribution is 0.0981. The van der Waals surface area contributed by atoms with Gasteiger partial charge in [-0.15, -0.1) is 0 Å². The molecule has 2 aromatic rings. The molecule has 0 fully saturated rings. The number of methoxy groups -OCH3 is 1. The molecule has 1 aromatic heterocycles. The molecule has 0 atom stereocenters. The van der Waals surface area contributed by atoms with Crippen LogP contribution in [0.15, 0.2) is 42.6 Å². The predicted molar refractivity (Wildman–Crippen MR) is 79.6 cm³/mol. The zero-order chi connectivity index (χ0) is 16.2. The second kappa shape index (κ2) is 6.44. The van der Waals surface area contributed by atoms with Crippen molar-refractivity contribution in [2.75, 3.05) is 13.4 Å². The maximum atomic E-state index is 11.6. The summed E-state index contributed by atoms with van der Waals surface area (Å²) < 4.78 is 34.4. The lowest BCUT2D eigenvalue weighted by Crippen LogP contribution is -2.29. The third kappa shape index (κ3) is 4.45. The molecule has 1 aromatic carbocycles. The van der Waals surface area contributed by atoms with Gasteiger partial charge in [-0.1, -0.05) is 0 Å². The van der Waals surface area contributed by atoms with Gasteiger partial charge in [0.2, 0.25) is 15.9 Å². The number of hydrogen-bond donors (Lipinski definition) is 1. The Morgan fingerprint density at radius 3 is 2.23 bits per heavy atom. The number of carbonyl (C=O) groups is 1. The summed E-state index contributed by atoms with van der Waals surface area (Å²) in [6, 6.07) is 9.39. The van der Waals surface area contributed by atoms with Crippen LogP contribution in [0, 0.1) is 0 Å². The van der Waals surface area contributed by atoms with Crippen molar-refractivity contribution >= 4 is 15.9 Å². The first-order valence-electron chi connectivity index (χ1n) is 6.17. The summed E-state index contributed by atoms with van der Waals surface area (Å²) in [5.41, 5.74) is 0.214. The first-order valence-corrected chi connectivity index (χ1v) is 8.06. The average Bonchev–Trinajstić information content (AvgIpc) is 2.47. The van der Waals surface area contributed by atoms with Crippen molar-refractivity contribution < 1.29 is 22.7 Å². The highest BCUT2D eigenvalue weighted by Crippen LogP contribution is 2.22. The number of pyridine rings is 1. The van der Waals surface area contributed by atoms with Crippen LogP contribution in [0.2, 0.25) is 0 Å². The molecule has 7 nitrogen and oxygen atoms in total. The molecular formula is C14H14N2O5S. The van der Waals surface area contributed by atoms with Gasteiger partial charge in [-0.25, -0.2) is 18.1 Å². The van der Waals surface area contributed by atoms with Crippen molar-refractivity contribution in [3.63, 3.8) is 0 Å².